The highest BCUT2D eigenvalue weighted by molar-refractivity contribution is 7.85. The fraction of sp³-hybridized carbons (Fsp3) is 0.250. The van der Waals surface area contributed by atoms with Gasteiger partial charge in [-0.25, -0.2) is 8.42 Å². The molecule has 1 aromatic carbocycles. The molecule has 0 saturated carbocycles. The fourth-order valence-electron chi connectivity index (χ4n) is 0.935. The summed E-state index contributed by atoms with van der Waals surface area (Å²) in [6, 6.07) is 5.56. The Labute approximate surface area is 81.7 Å². The van der Waals surface area contributed by atoms with Crippen molar-refractivity contribution in [2.45, 2.75) is 5.44 Å². The van der Waals surface area contributed by atoms with E-state index < -0.39 is 15.6 Å². The van der Waals surface area contributed by atoms with E-state index >= 15 is 0 Å². The number of ether oxygens (including phenoxy) is 1. The summed E-state index contributed by atoms with van der Waals surface area (Å²) in [5, 5.41) is 9.08. The van der Waals surface area contributed by atoms with Crippen molar-refractivity contribution in [3.8, 4) is 5.75 Å². The van der Waals surface area contributed by atoms with Crippen molar-refractivity contribution in [3.05, 3.63) is 29.8 Å². The van der Waals surface area contributed by atoms with E-state index in [0.29, 0.717) is 5.75 Å². The summed E-state index contributed by atoms with van der Waals surface area (Å²) < 4.78 is 36.2. The highest BCUT2D eigenvalue weighted by Crippen LogP contribution is 2.20. The fourth-order valence-corrected chi connectivity index (χ4v) is 1.43. The van der Waals surface area contributed by atoms with Crippen LogP contribution in [0.5, 0.6) is 5.75 Å². The van der Waals surface area contributed by atoms with Gasteiger partial charge in [-0.3, -0.25) is 0 Å². The average Bonchev–Trinajstić information content (AvgIpc) is 2.15. The molecular weight excluding hydrogens is 208 g/mol. The first-order valence-electron chi connectivity index (χ1n) is 3.72. The Morgan fingerprint density at radius 2 is 1.86 bits per heavy atom. The van der Waals surface area contributed by atoms with Crippen molar-refractivity contribution in [3.63, 3.8) is 0 Å². The number of rotatable bonds is 3. The van der Waals surface area contributed by atoms with E-state index in [0.717, 1.165) is 0 Å². The lowest BCUT2D eigenvalue weighted by Crippen LogP contribution is -2.11. The smallest absolute Gasteiger partial charge is 0.168 e. The monoisotopic (exact) mass is 217 g/mol. The molecule has 0 saturated heterocycles. The molecular formula is C8H9O5S-. The van der Waals surface area contributed by atoms with Gasteiger partial charge >= 0.3 is 0 Å². The van der Waals surface area contributed by atoms with Crippen LogP contribution in [0.25, 0.3) is 0 Å². The molecule has 1 aromatic rings. The Balaban J connectivity index is 2.98. The van der Waals surface area contributed by atoms with Crippen LogP contribution in [-0.2, 0) is 10.1 Å². The van der Waals surface area contributed by atoms with Crippen LogP contribution in [0.1, 0.15) is 11.0 Å². The van der Waals surface area contributed by atoms with E-state index in [2.05, 4.69) is 0 Å². The molecule has 0 radical (unpaired) electrons. The summed E-state index contributed by atoms with van der Waals surface area (Å²) in [6.45, 7) is 0. The maximum atomic E-state index is 10.4. The van der Waals surface area contributed by atoms with Crippen LogP contribution < -0.4 is 4.74 Å². The van der Waals surface area contributed by atoms with Gasteiger partial charge in [-0.2, -0.15) is 0 Å². The van der Waals surface area contributed by atoms with E-state index in [9.17, 15) is 13.0 Å². The minimum Gasteiger partial charge on any atom is -0.746 e. The molecule has 1 atom stereocenters. The maximum Gasteiger partial charge on any atom is 0.168 e. The van der Waals surface area contributed by atoms with Gasteiger partial charge in [0.25, 0.3) is 0 Å². The summed E-state index contributed by atoms with van der Waals surface area (Å²) in [6.07, 6.45) is 0. The lowest BCUT2D eigenvalue weighted by Gasteiger charge is -2.15. The van der Waals surface area contributed by atoms with Gasteiger partial charge in [0.05, 0.1) is 7.11 Å². The van der Waals surface area contributed by atoms with Gasteiger partial charge in [-0.05, 0) is 17.7 Å². The molecule has 0 aromatic heterocycles. The lowest BCUT2D eigenvalue weighted by molar-refractivity contribution is 0.236. The van der Waals surface area contributed by atoms with Crippen molar-refractivity contribution in [1.82, 2.24) is 0 Å². The first-order valence-corrected chi connectivity index (χ1v) is 5.19. The molecule has 0 heterocycles. The van der Waals surface area contributed by atoms with Gasteiger partial charge in [0.1, 0.15) is 15.9 Å². The Hall–Kier alpha value is -1.11. The zero-order valence-corrected chi connectivity index (χ0v) is 8.19. The summed E-state index contributed by atoms with van der Waals surface area (Å²) >= 11 is 0. The molecule has 1 unspecified atom stereocenters. The highest BCUT2D eigenvalue weighted by Gasteiger charge is 2.14. The van der Waals surface area contributed by atoms with E-state index in [1.54, 1.807) is 0 Å². The van der Waals surface area contributed by atoms with Crippen molar-refractivity contribution in [2.75, 3.05) is 7.11 Å². The Morgan fingerprint density at radius 3 is 2.21 bits per heavy atom. The third-order valence-corrected chi connectivity index (χ3v) is 2.49. The highest BCUT2D eigenvalue weighted by atomic mass is 32.2. The quantitative estimate of drug-likeness (QED) is 0.732. The zero-order valence-electron chi connectivity index (χ0n) is 7.38. The molecule has 14 heavy (non-hydrogen) atoms. The van der Waals surface area contributed by atoms with Gasteiger partial charge in [0, 0.05) is 0 Å². The van der Waals surface area contributed by atoms with Crippen LogP contribution in [0.4, 0.5) is 0 Å². The Bertz CT molecular complexity index is 394. The van der Waals surface area contributed by atoms with Gasteiger partial charge in [0.15, 0.2) is 5.44 Å². The number of hydrogen-bond acceptors (Lipinski definition) is 5. The lowest BCUT2D eigenvalue weighted by atomic mass is 10.2. The average molecular weight is 217 g/mol. The van der Waals surface area contributed by atoms with Gasteiger partial charge in [-0.1, -0.05) is 12.1 Å². The molecule has 1 N–H and O–H groups in total. The number of aliphatic hydroxyl groups excluding tert-OH is 1. The van der Waals surface area contributed by atoms with E-state index in [1.165, 1.54) is 31.4 Å². The normalized spacial score (nSPS) is 13.6. The summed E-state index contributed by atoms with van der Waals surface area (Å²) in [5.74, 6) is 0.518. The van der Waals surface area contributed by atoms with Crippen LogP contribution in [0.15, 0.2) is 24.3 Å². The zero-order chi connectivity index (χ0) is 10.8. The topological polar surface area (TPSA) is 86.7 Å². The molecule has 0 aliphatic rings. The second-order valence-electron chi connectivity index (χ2n) is 2.62. The molecule has 5 nitrogen and oxygen atoms in total. The van der Waals surface area contributed by atoms with Crippen LogP contribution in [0.2, 0.25) is 0 Å². The van der Waals surface area contributed by atoms with Crippen molar-refractivity contribution in [2.24, 2.45) is 0 Å². The minimum absolute atomic E-state index is 0.0285. The number of hydrogen-bond donors (Lipinski definition) is 1. The third-order valence-electron chi connectivity index (χ3n) is 1.67. The van der Waals surface area contributed by atoms with Crippen molar-refractivity contribution in [1.29, 1.82) is 0 Å². The predicted molar refractivity (Wildman–Crippen MR) is 47.7 cm³/mol. The van der Waals surface area contributed by atoms with Crippen molar-refractivity contribution < 1.29 is 22.8 Å². The van der Waals surface area contributed by atoms with Crippen molar-refractivity contribution >= 4 is 10.1 Å². The first kappa shape index (κ1) is 11.0. The van der Waals surface area contributed by atoms with Crippen LogP contribution in [0.3, 0.4) is 0 Å². The third kappa shape index (κ3) is 2.44. The second kappa shape index (κ2) is 3.95. The summed E-state index contributed by atoms with van der Waals surface area (Å²) in [4.78, 5) is 0. The largest absolute Gasteiger partial charge is 0.746 e. The molecule has 0 bridgehead atoms. The standard InChI is InChI=1S/C8H10O5S/c1-13-7-4-2-6(3-5-7)8(9)14(10,11)12/h2-5,8-9H,1H3,(H,10,11,12)/p-1. The van der Waals surface area contributed by atoms with Gasteiger partial charge < -0.3 is 14.4 Å². The predicted octanol–water partition coefficient (Wildman–Crippen LogP) is 0.231. The molecule has 0 spiro atoms. The number of methoxy groups -OCH3 is 1. The number of benzene rings is 1. The molecule has 78 valence electrons. The molecule has 0 aliphatic heterocycles. The maximum absolute atomic E-state index is 10.4. The number of aliphatic hydroxyl groups is 1. The van der Waals surface area contributed by atoms with E-state index in [1.807, 2.05) is 0 Å². The van der Waals surface area contributed by atoms with E-state index in [-0.39, 0.29) is 5.56 Å². The molecule has 0 amide bonds. The minimum atomic E-state index is -4.71. The Kier molecular flexibility index (Phi) is 3.10. The van der Waals surface area contributed by atoms with Crippen LogP contribution in [-0.4, -0.2) is 25.2 Å². The summed E-state index contributed by atoms with van der Waals surface area (Å²) in [7, 11) is -3.26. The van der Waals surface area contributed by atoms with Gasteiger partial charge in [-0.15, -0.1) is 0 Å². The van der Waals surface area contributed by atoms with Crippen LogP contribution >= 0.6 is 0 Å². The molecule has 6 heteroatoms. The van der Waals surface area contributed by atoms with Crippen LogP contribution in [0, 0.1) is 0 Å². The molecule has 1 rings (SSSR count). The molecule has 0 aliphatic carbocycles. The SMILES string of the molecule is COc1ccc(C(O)S(=O)(=O)[O-])cc1. The van der Waals surface area contributed by atoms with Gasteiger partial charge in [0.2, 0.25) is 0 Å². The second-order valence-corrected chi connectivity index (χ2v) is 4.05. The molecule has 0 fully saturated rings. The Morgan fingerprint density at radius 1 is 1.36 bits per heavy atom. The summed E-state index contributed by atoms with van der Waals surface area (Å²) in [5.41, 5.74) is -1.99. The first-order chi connectivity index (χ1) is 6.45. The van der Waals surface area contributed by atoms with E-state index in [4.69, 9.17) is 9.84 Å².